The van der Waals surface area contributed by atoms with Crippen LogP contribution in [0.25, 0.3) is 5.00 Å². The number of anilines is 1. The Kier molecular flexibility index (Phi) is 5.84. The number of thiophene rings is 1. The second-order valence-electron chi connectivity index (χ2n) is 6.45. The minimum atomic E-state index is -0.497. The summed E-state index contributed by atoms with van der Waals surface area (Å²) >= 11 is 1.70. The Bertz CT molecular complexity index is 993. The van der Waals surface area contributed by atoms with Crippen molar-refractivity contribution in [3.8, 4) is 5.00 Å². The fourth-order valence-electron chi connectivity index (χ4n) is 3.11. The van der Waals surface area contributed by atoms with Gasteiger partial charge in [0.25, 0.3) is 0 Å². The van der Waals surface area contributed by atoms with Crippen molar-refractivity contribution in [2.24, 2.45) is 0 Å². The fraction of sp³-hybridized carbons (Fsp3) is 0.238. The Hall–Kier alpha value is -3.06. The van der Waals surface area contributed by atoms with Gasteiger partial charge in [0, 0.05) is 22.8 Å². The molecule has 28 heavy (non-hydrogen) atoms. The van der Waals surface area contributed by atoms with Crippen LogP contribution in [0.15, 0.2) is 48.8 Å². The molecule has 0 unspecified atom stereocenters. The first-order chi connectivity index (χ1) is 13.4. The van der Waals surface area contributed by atoms with Gasteiger partial charge in [0.05, 0.1) is 24.4 Å². The van der Waals surface area contributed by atoms with Crippen LogP contribution in [0.2, 0.25) is 0 Å². The summed E-state index contributed by atoms with van der Waals surface area (Å²) in [7, 11) is 1.31. The van der Waals surface area contributed by atoms with Crippen molar-refractivity contribution in [1.82, 2.24) is 9.88 Å². The van der Waals surface area contributed by atoms with E-state index in [0.29, 0.717) is 11.3 Å². The number of amides is 2. The maximum absolute atomic E-state index is 12.6. The zero-order valence-electron chi connectivity index (χ0n) is 16.3. The van der Waals surface area contributed by atoms with Gasteiger partial charge < -0.3 is 19.9 Å². The molecule has 0 radical (unpaired) electrons. The summed E-state index contributed by atoms with van der Waals surface area (Å²) in [6, 6.07) is 10.1. The highest BCUT2D eigenvalue weighted by Crippen LogP contribution is 2.35. The first-order valence-corrected chi connectivity index (χ1v) is 9.72. The number of benzene rings is 1. The molecule has 6 nitrogen and oxygen atoms in total. The highest BCUT2D eigenvalue weighted by Gasteiger charge is 2.21. The van der Waals surface area contributed by atoms with E-state index in [-0.39, 0.29) is 12.1 Å². The second kappa shape index (κ2) is 8.31. The standard InChI is InChI=1S/C21H23N3O3S/c1-13-15(3)28-19(24-11-7-8-12-24)18(13)14(2)22-21(26)23-17-10-6-5-9-16(17)20(25)27-4/h5-12,14H,1-4H3,(H2,22,23,26)/t14-/m0/s1. The van der Waals surface area contributed by atoms with E-state index in [1.807, 2.05) is 31.5 Å². The largest absolute Gasteiger partial charge is 0.465 e. The smallest absolute Gasteiger partial charge is 0.339 e. The number of esters is 1. The summed E-state index contributed by atoms with van der Waals surface area (Å²) in [6.45, 7) is 6.10. The molecule has 0 saturated heterocycles. The number of carbonyl (C=O) groups is 2. The molecule has 0 fully saturated rings. The zero-order valence-corrected chi connectivity index (χ0v) is 17.1. The number of aromatic nitrogens is 1. The average Bonchev–Trinajstić information content (AvgIpc) is 3.30. The van der Waals surface area contributed by atoms with E-state index in [0.717, 1.165) is 16.1 Å². The van der Waals surface area contributed by atoms with Crippen LogP contribution in [0.4, 0.5) is 10.5 Å². The number of hydrogen-bond donors (Lipinski definition) is 2. The number of para-hydroxylation sites is 1. The van der Waals surface area contributed by atoms with Crippen molar-refractivity contribution >= 4 is 29.0 Å². The molecule has 2 amide bonds. The van der Waals surface area contributed by atoms with Crippen molar-refractivity contribution < 1.29 is 14.3 Å². The number of nitrogens with zero attached hydrogens (tertiary/aromatic N) is 1. The van der Waals surface area contributed by atoms with Crippen molar-refractivity contribution in [3.63, 3.8) is 0 Å². The van der Waals surface area contributed by atoms with Gasteiger partial charge in [-0.05, 0) is 50.6 Å². The van der Waals surface area contributed by atoms with Gasteiger partial charge in [0.2, 0.25) is 0 Å². The molecule has 0 aliphatic heterocycles. The van der Waals surface area contributed by atoms with E-state index >= 15 is 0 Å². The minimum absolute atomic E-state index is 0.215. The molecule has 0 bridgehead atoms. The maximum atomic E-state index is 12.6. The van der Waals surface area contributed by atoms with Crippen molar-refractivity contribution in [3.05, 3.63) is 70.4 Å². The topological polar surface area (TPSA) is 72.4 Å². The first kappa shape index (κ1) is 19.7. The quantitative estimate of drug-likeness (QED) is 0.606. The predicted molar refractivity (Wildman–Crippen MR) is 111 cm³/mol. The summed E-state index contributed by atoms with van der Waals surface area (Å²) in [5.41, 5.74) is 2.96. The summed E-state index contributed by atoms with van der Waals surface area (Å²) in [5.74, 6) is -0.497. The molecule has 3 aromatic rings. The SMILES string of the molecule is COC(=O)c1ccccc1NC(=O)N[C@@H](C)c1c(-n2cccc2)sc(C)c1C. The molecule has 2 aromatic heterocycles. The van der Waals surface area contributed by atoms with E-state index in [4.69, 9.17) is 4.74 Å². The van der Waals surface area contributed by atoms with Gasteiger partial charge >= 0.3 is 12.0 Å². The van der Waals surface area contributed by atoms with Gasteiger partial charge in [-0.2, -0.15) is 0 Å². The molecular weight excluding hydrogens is 374 g/mol. The van der Waals surface area contributed by atoms with Crippen LogP contribution >= 0.6 is 11.3 Å². The second-order valence-corrected chi connectivity index (χ2v) is 7.65. The zero-order chi connectivity index (χ0) is 20.3. The molecule has 1 aromatic carbocycles. The molecule has 0 aliphatic carbocycles. The van der Waals surface area contributed by atoms with Crippen molar-refractivity contribution in [2.45, 2.75) is 26.8 Å². The van der Waals surface area contributed by atoms with E-state index in [9.17, 15) is 9.59 Å². The fourth-order valence-corrected chi connectivity index (χ4v) is 4.33. The summed E-state index contributed by atoms with van der Waals surface area (Å²) in [4.78, 5) is 25.7. The van der Waals surface area contributed by atoms with Crippen molar-refractivity contribution in [1.29, 1.82) is 0 Å². The molecule has 7 heteroatoms. The van der Waals surface area contributed by atoms with Gasteiger partial charge in [-0.1, -0.05) is 12.1 Å². The number of methoxy groups -OCH3 is 1. The Morgan fingerprint density at radius 3 is 2.46 bits per heavy atom. The van der Waals surface area contributed by atoms with Gasteiger partial charge in [0.15, 0.2) is 0 Å². The van der Waals surface area contributed by atoms with Crippen LogP contribution < -0.4 is 10.6 Å². The minimum Gasteiger partial charge on any atom is -0.465 e. The van der Waals surface area contributed by atoms with Crippen LogP contribution in [0, 0.1) is 13.8 Å². The molecule has 146 valence electrons. The van der Waals surface area contributed by atoms with Crippen LogP contribution in [0.3, 0.4) is 0 Å². The normalized spacial score (nSPS) is 11.7. The molecule has 3 rings (SSSR count). The molecule has 2 N–H and O–H groups in total. The summed E-state index contributed by atoms with van der Waals surface area (Å²) in [6.07, 6.45) is 3.99. The third-order valence-electron chi connectivity index (χ3n) is 4.61. The Balaban J connectivity index is 1.81. The molecule has 1 atom stereocenters. The van der Waals surface area contributed by atoms with Crippen LogP contribution in [0.1, 0.15) is 39.3 Å². The lowest BCUT2D eigenvalue weighted by Crippen LogP contribution is -2.32. The van der Waals surface area contributed by atoms with Gasteiger partial charge in [-0.3, -0.25) is 0 Å². The molecule has 2 heterocycles. The maximum Gasteiger partial charge on any atom is 0.339 e. The number of ether oxygens (including phenoxy) is 1. The highest BCUT2D eigenvalue weighted by molar-refractivity contribution is 7.14. The van der Waals surface area contributed by atoms with E-state index in [2.05, 4.69) is 29.0 Å². The van der Waals surface area contributed by atoms with E-state index in [1.165, 1.54) is 12.0 Å². The molecule has 0 aliphatic rings. The number of carbonyl (C=O) groups excluding carboxylic acids is 2. The van der Waals surface area contributed by atoms with E-state index < -0.39 is 5.97 Å². The van der Waals surface area contributed by atoms with Gasteiger partial charge in [0.1, 0.15) is 5.00 Å². The molecular formula is C21H23N3O3S. The van der Waals surface area contributed by atoms with Crippen LogP contribution in [0.5, 0.6) is 0 Å². The third kappa shape index (κ3) is 3.94. The Morgan fingerprint density at radius 2 is 1.79 bits per heavy atom. The van der Waals surface area contributed by atoms with Crippen LogP contribution in [-0.2, 0) is 4.74 Å². The number of nitrogens with one attached hydrogen (secondary N) is 2. The average molecular weight is 398 g/mol. The van der Waals surface area contributed by atoms with Gasteiger partial charge in [-0.15, -0.1) is 11.3 Å². The van der Waals surface area contributed by atoms with E-state index in [1.54, 1.807) is 35.6 Å². The number of hydrogen-bond acceptors (Lipinski definition) is 4. The lowest BCUT2D eigenvalue weighted by atomic mass is 10.1. The number of urea groups is 1. The lowest BCUT2D eigenvalue weighted by Gasteiger charge is -2.18. The highest BCUT2D eigenvalue weighted by atomic mass is 32.1. The predicted octanol–water partition coefficient (Wildman–Crippen LogP) is 4.82. The Morgan fingerprint density at radius 1 is 1.11 bits per heavy atom. The number of rotatable bonds is 5. The lowest BCUT2D eigenvalue weighted by molar-refractivity contribution is 0.0602. The monoisotopic (exact) mass is 397 g/mol. The molecule has 0 saturated carbocycles. The first-order valence-electron chi connectivity index (χ1n) is 8.90. The Labute approximate surface area is 168 Å². The van der Waals surface area contributed by atoms with Crippen LogP contribution in [-0.4, -0.2) is 23.7 Å². The van der Waals surface area contributed by atoms with Gasteiger partial charge in [-0.25, -0.2) is 9.59 Å². The summed E-state index contributed by atoms with van der Waals surface area (Å²) in [5, 5.41) is 6.82. The summed E-state index contributed by atoms with van der Waals surface area (Å²) < 4.78 is 6.83. The van der Waals surface area contributed by atoms with Crippen molar-refractivity contribution in [2.75, 3.05) is 12.4 Å². The molecule has 0 spiro atoms. The third-order valence-corrected chi connectivity index (χ3v) is 5.85. The number of aryl methyl sites for hydroxylation is 1.